The van der Waals surface area contributed by atoms with Crippen LogP contribution in [0.5, 0.6) is 0 Å². The highest BCUT2D eigenvalue weighted by molar-refractivity contribution is 5.85. The molecule has 0 fully saturated rings. The van der Waals surface area contributed by atoms with Crippen molar-refractivity contribution in [3.63, 3.8) is 0 Å². The van der Waals surface area contributed by atoms with Crippen molar-refractivity contribution in [1.82, 2.24) is 0 Å². The third-order valence-corrected chi connectivity index (χ3v) is 2.13. The van der Waals surface area contributed by atoms with E-state index < -0.39 is 5.97 Å². The molecule has 5 heteroatoms. The standard InChI is InChI=1S/C11H20O2.HNO2/c1-3-4-5-6-7-8-9-10(2)11(12)13;2-1-3/h2-9H2,1H3,(H,12,13);1H. The maximum Gasteiger partial charge on any atom is 0.330 e. The summed E-state index contributed by atoms with van der Waals surface area (Å²) in [7, 11) is 0. The number of aliphatic carboxylic acids is 1. The van der Waals surface area contributed by atoms with Gasteiger partial charge in [0.05, 0.1) is 0 Å². The van der Waals surface area contributed by atoms with Crippen LogP contribution in [0.3, 0.4) is 0 Å². The van der Waals surface area contributed by atoms with E-state index in [1.54, 1.807) is 0 Å². The van der Waals surface area contributed by atoms with Crippen LogP contribution in [-0.4, -0.2) is 11.1 Å². The zero-order valence-corrected chi connectivity index (χ0v) is 9.83. The first-order valence-corrected chi connectivity index (χ1v) is 5.50. The van der Waals surface area contributed by atoms with Crippen LogP contribution < -0.4 is 5.34 Å². The second-order valence-electron chi connectivity index (χ2n) is 3.51. The second-order valence-corrected chi connectivity index (χ2v) is 3.51. The SMILES string of the molecule is C=C(CCCCCCCC)C(=O)O.O=[NH+][O-]. The molecule has 5 nitrogen and oxygen atoms in total. The molecule has 0 aromatic carbocycles. The largest absolute Gasteiger partial charge is 0.478 e. The molecule has 0 bridgehead atoms. The van der Waals surface area contributed by atoms with Gasteiger partial charge in [-0.05, 0) is 12.8 Å². The third kappa shape index (κ3) is 15.1. The number of hydrogen-bond acceptors (Lipinski definition) is 3. The minimum absolute atomic E-state index is 0.250. The van der Waals surface area contributed by atoms with Crippen molar-refractivity contribution in [1.29, 1.82) is 0 Å². The summed E-state index contributed by atoms with van der Waals surface area (Å²) >= 11 is 0. The van der Waals surface area contributed by atoms with E-state index in [9.17, 15) is 4.79 Å². The lowest BCUT2D eigenvalue weighted by molar-refractivity contribution is -0.398. The summed E-state index contributed by atoms with van der Waals surface area (Å²) < 4.78 is 0. The van der Waals surface area contributed by atoms with Gasteiger partial charge in [-0.25, -0.2) is 4.79 Å². The summed E-state index contributed by atoms with van der Waals surface area (Å²) in [5.74, 6) is -0.853. The lowest BCUT2D eigenvalue weighted by Gasteiger charge is -2.00. The molecule has 0 saturated carbocycles. The van der Waals surface area contributed by atoms with Gasteiger partial charge in [0.15, 0.2) is 0 Å². The molecule has 0 amide bonds. The Kier molecular flexibility index (Phi) is 14.5. The summed E-state index contributed by atoms with van der Waals surface area (Å²) in [6.07, 6.45) is 7.78. The molecular formula is C11H21NO4. The molecule has 0 aliphatic heterocycles. The number of carbonyl (C=O) groups is 1. The average molecular weight is 231 g/mol. The monoisotopic (exact) mass is 231 g/mol. The number of unbranched alkanes of at least 4 members (excludes halogenated alkanes) is 5. The highest BCUT2D eigenvalue weighted by Gasteiger charge is 2.02. The normalized spacial score (nSPS) is 8.81. The van der Waals surface area contributed by atoms with Gasteiger partial charge < -0.3 is 5.11 Å². The predicted octanol–water partition coefficient (Wildman–Crippen LogP) is 1.71. The molecule has 0 atom stereocenters. The number of rotatable bonds is 8. The first-order valence-electron chi connectivity index (χ1n) is 5.50. The second kappa shape index (κ2) is 13.6. The molecule has 0 unspecified atom stereocenters. The Bertz CT molecular complexity index is 204. The van der Waals surface area contributed by atoms with Crippen LogP contribution in [-0.2, 0) is 4.79 Å². The van der Waals surface area contributed by atoms with Crippen molar-refractivity contribution in [2.45, 2.75) is 51.9 Å². The van der Waals surface area contributed by atoms with Crippen molar-refractivity contribution in [2.24, 2.45) is 0 Å². The van der Waals surface area contributed by atoms with Gasteiger partial charge in [-0.3, -0.25) is 10.1 Å². The number of carboxylic acid groups (broad SMARTS) is 1. The van der Waals surface area contributed by atoms with Crippen molar-refractivity contribution in [2.75, 3.05) is 0 Å². The van der Waals surface area contributed by atoms with Gasteiger partial charge in [0, 0.05) is 10.9 Å². The van der Waals surface area contributed by atoms with Gasteiger partial charge in [0.2, 0.25) is 0 Å². The summed E-state index contributed by atoms with van der Waals surface area (Å²) in [4.78, 5) is 18.5. The van der Waals surface area contributed by atoms with Crippen LogP contribution in [0.2, 0.25) is 0 Å². The molecule has 0 heterocycles. The fourth-order valence-electron chi connectivity index (χ4n) is 1.23. The van der Waals surface area contributed by atoms with Crippen LogP contribution in [0, 0.1) is 10.1 Å². The zero-order valence-electron chi connectivity index (χ0n) is 9.83. The van der Waals surface area contributed by atoms with Crippen LogP contribution in [0.25, 0.3) is 0 Å². The lowest BCUT2D eigenvalue weighted by Crippen LogP contribution is -2.53. The number of carboxylic acids is 1. The molecule has 0 aromatic rings. The van der Waals surface area contributed by atoms with Crippen molar-refractivity contribution < 1.29 is 15.2 Å². The molecule has 0 rings (SSSR count). The van der Waals surface area contributed by atoms with Crippen molar-refractivity contribution in [3.8, 4) is 0 Å². The highest BCUT2D eigenvalue weighted by atomic mass is 16.6. The molecule has 0 aliphatic rings. The van der Waals surface area contributed by atoms with E-state index in [0.717, 1.165) is 12.8 Å². The Labute approximate surface area is 96.1 Å². The first-order chi connectivity index (χ1) is 7.59. The van der Waals surface area contributed by atoms with E-state index in [4.69, 9.17) is 15.2 Å². The average Bonchev–Trinajstić information content (AvgIpc) is 2.24. The molecule has 94 valence electrons. The van der Waals surface area contributed by atoms with E-state index in [2.05, 4.69) is 13.5 Å². The van der Waals surface area contributed by atoms with Crippen LogP contribution in [0.4, 0.5) is 0 Å². The quantitative estimate of drug-likeness (QED) is 0.288. The van der Waals surface area contributed by atoms with Crippen molar-refractivity contribution in [3.05, 3.63) is 22.3 Å². The molecule has 2 N–H and O–H groups in total. The Hall–Kier alpha value is -1.39. The topological polar surface area (TPSA) is 91.4 Å². The van der Waals surface area contributed by atoms with E-state index in [-0.39, 0.29) is 5.34 Å². The number of hydrogen-bond donors (Lipinski definition) is 2. The van der Waals surface area contributed by atoms with Gasteiger partial charge in [-0.2, -0.15) is 0 Å². The van der Waals surface area contributed by atoms with E-state index >= 15 is 0 Å². The van der Waals surface area contributed by atoms with Gasteiger partial charge >= 0.3 is 5.97 Å². The van der Waals surface area contributed by atoms with E-state index in [1.165, 1.54) is 25.7 Å². The molecule has 0 aromatic heterocycles. The van der Waals surface area contributed by atoms with E-state index in [0.29, 0.717) is 12.0 Å². The highest BCUT2D eigenvalue weighted by Crippen LogP contribution is 2.10. The fourth-order valence-corrected chi connectivity index (χ4v) is 1.23. The lowest BCUT2D eigenvalue weighted by atomic mass is 10.1. The summed E-state index contributed by atoms with van der Waals surface area (Å²) in [6, 6.07) is 0. The summed E-state index contributed by atoms with van der Waals surface area (Å²) in [5, 5.41) is 16.9. The molecule has 0 aliphatic carbocycles. The molecule has 0 saturated heterocycles. The van der Waals surface area contributed by atoms with E-state index in [1.807, 2.05) is 0 Å². The number of nitrogens with one attached hydrogen (secondary N) is 1. The molecular weight excluding hydrogens is 210 g/mol. The first kappa shape index (κ1) is 17.0. The predicted molar refractivity (Wildman–Crippen MR) is 62.5 cm³/mol. The maximum absolute atomic E-state index is 10.4. The molecule has 16 heavy (non-hydrogen) atoms. The minimum Gasteiger partial charge on any atom is -0.478 e. The van der Waals surface area contributed by atoms with Gasteiger partial charge in [0.25, 0.3) is 0 Å². The van der Waals surface area contributed by atoms with Crippen LogP contribution in [0.15, 0.2) is 12.2 Å². The van der Waals surface area contributed by atoms with Crippen LogP contribution >= 0.6 is 0 Å². The Morgan fingerprint density at radius 1 is 1.25 bits per heavy atom. The Balaban J connectivity index is 0. The zero-order chi connectivity index (χ0) is 12.8. The molecule has 0 radical (unpaired) electrons. The smallest absolute Gasteiger partial charge is 0.330 e. The van der Waals surface area contributed by atoms with Gasteiger partial charge in [-0.1, -0.05) is 45.6 Å². The Morgan fingerprint density at radius 3 is 2.12 bits per heavy atom. The van der Waals surface area contributed by atoms with Gasteiger partial charge in [-0.15, -0.1) is 0 Å². The summed E-state index contributed by atoms with van der Waals surface area (Å²) in [5.41, 5.74) is 0.343. The summed E-state index contributed by atoms with van der Waals surface area (Å²) in [6.45, 7) is 5.68. The van der Waals surface area contributed by atoms with Gasteiger partial charge in [0.1, 0.15) is 0 Å². The maximum atomic E-state index is 10.4. The molecule has 0 spiro atoms. The third-order valence-electron chi connectivity index (χ3n) is 2.13. The minimum atomic E-state index is -0.853. The fraction of sp³-hybridized carbons (Fsp3) is 0.727. The van der Waals surface area contributed by atoms with Crippen LogP contribution in [0.1, 0.15) is 51.9 Å². The Morgan fingerprint density at radius 2 is 1.69 bits per heavy atom. The van der Waals surface area contributed by atoms with Crippen molar-refractivity contribution >= 4 is 5.97 Å².